The molecule has 0 aliphatic carbocycles. The van der Waals surface area contributed by atoms with Crippen molar-refractivity contribution in [1.82, 2.24) is 15.1 Å². The predicted molar refractivity (Wildman–Crippen MR) is 146 cm³/mol. The van der Waals surface area contributed by atoms with Crippen LogP contribution in [0.25, 0.3) is 0 Å². The van der Waals surface area contributed by atoms with Crippen LogP contribution in [0.4, 0.5) is 23.7 Å². The molecule has 0 spiro atoms. The van der Waals surface area contributed by atoms with Gasteiger partial charge in [-0.05, 0) is 40.7 Å². The third kappa shape index (κ3) is 14.1. The molecule has 0 radical (unpaired) electrons. The fourth-order valence-corrected chi connectivity index (χ4v) is 3.99. The highest BCUT2D eigenvalue weighted by Gasteiger charge is 2.38. The number of carbonyl (C=O) groups excluding carboxylic acids is 2. The number of rotatable bonds is 15. The number of alkyl carbamates (subject to hydrolysis) is 1. The van der Waals surface area contributed by atoms with Crippen LogP contribution in [-0.2, 0) is 36.6 Å². The molecule has 230 valence electrons. The molecule has 2 N–H and O–H groups in total. The first-order valence-electron chi connectivity index (χ1n) is 13.1. The van der Waals surface area contributed by atoms with E-state index in [-0.39, 0.29) is 26.2 Å². The summed E-state index contributed by atoms with van der Waals surface area (Å²) in [5.41, 5.74) is -3.98. The first-order valence-corrected chi connectivity index (χ1v) is 16.8. The van der Waals surface area contributed by atoms with E-state index in [9.17, 15) is 27.6 Å². The summed E-state index contributed by atoms with van der Waals surface area (Å²) in [6.45, 7) is 14.4. The van der Waals surface area contributed by atoms with Gasteiger partial charge in [0.2, 0.25) is 0 Å². The van der Waals surface area contributed by atoms with Crippen molar-refractivity contribution in [2.75, 3.05) is 31.7 Å². The normalized spacial score (nSPS) is 13.9. The fourth-order valence-electron chi connectivity index (χ4n) is 3.23. The number of hydrogen-bond acceptors (Lipinski definition) is 9. The summed E-state index contributed by atoms with van der Waals surface area (Å²) >= 11 is 0. The summed E-state index contributed by atoms with van der Waals surface area (Å²) in [6.07, 6.45) is -4.97. The molecule has 1 rings (SSSR count). The minimum absolute atomic E-state index is 0.116. The number of anilines is 1. The second-order valence-electron chi connectivity index (χ2n) is 11.5. The lowest BCUT2D eigenvalue weighted by atomic mass is 10.2. The molecule has 1 aromatic heterocycles. The Morgan fingerprint density at radius 1 is 1.12 bits per heavy atom. The molecule has 0 aliphatic heterocycles. The van der Waals surface area contributed by atoms with Gasteiger partial charge in [-0.15, -0.1) is 0 Å². The maximum atomic E-state index is 13.8. The molecule has 2 unspecified atom stereocenters. The van der Waals surface area contributed by atoms with Crippen molar-refractivity contribution < 1.29 is 41.7 Å². The van der Waals surface area contributed by atoms with Crippen molar-refractivity contribution in [3.05, 3.63) is 22.1 Å². The summed E-state index contributed by atoms with van der Waals surface area (Å²) in [7, 11) is -1.41. The Morgan fingerprint density at radius 3 is 2.33 bits per heavy atom. The standard InChI is InChI=1S/C25H43F3N4O7Si/c1-9-38-20(33)12-18(31-23(35)39-24(3,4)5)15-37-14-17(2)30-19-13-29-32(16-36-10-11-40(6,7)8)22(34)21(19)25(26,27)28/h13,17-18,30H,9-12,14-16H2,1-8H3,(H,31,35). The van der Waals surface area contributed by atoms with Gasteiger partial charge in [0.25, 0.3) is 5.56 Å². The van der Waals surface area contributed by atoms with Crippen LogP contribution in [0, 0.1) is 0 Å². The molecule has 15 heteroatoms. The monoisotopic (exact) mass is 596 g/mol. The van der Waals surface area contributed by atoms with E-state index in [1.54, 1.807) is 34.6 Å². The number of amides is 1. The SMILES string of the molecule is CCOC(=O)CC(COCC(C)Nc1cnn(COCC[Si](C)(C)C)c(=O)c1C(F)(F)F)NC(=O)OC(C)(C)C. The van der Waals surface area contributed by atoms with E-state index in [2.05, 4.69) is 35.4 Å². The number of hydrogen-bond donors (Lipinski definition) is 2. The van der Waals surface area contributed by atoms with E-state index >= 15 is 0 Å². The van der Waals surface area contributed by atoms with Gasteiger partial charge in [-0.3, -0.25) is 9.59 Å². The fraction of sp³-hybridized carbons (Fsp3) is 0.760. The second-order valence-corrected chi connectivity index (χ2v) is 17.1. The first-order chi connectivity index (χ1) is 18.3. The quantitative estimate of drug-likeness (QED) is 0.173. The van der Waals surface area contributed by atoms with Crippen molar-refractivity contribution in [2.45, 2.75) is 97.3 Å². The van der Waals surface area contributed by atoms with Crippen LogP contribution in [-0.4, -0.2) is 74.0 Å². The molecule has 2 atom stereocenters. The predicted octanol–water partition coefficient (Wildman–Crippen LogP) is 4.24. The number of nitrogens with zero attached hydrogens (tertiary/aromatic N) is 2. The summed E-state index contributed by atoms with van der Waals surface area (Å²) in [5, 5.41) is 8.99. The zero-order chi connectivity index (χ0) is 30.7. The van der Waals surface area contributed by atoms with Crippen molar-refractivity contribution in [2.24, 2.45) is 0 Å². The van der Waals surface area contributed by atoms with Gasteiger partial charge in [0.05, 0.1) is 44.2 Å². The number of nitrogens with one attached hydrogen (secondary N) is 2. The Labute approximate surface area is 234 Å². The van der Waals surface area contributed by atoms with Crippen LogP contribution in [0.2, 0.25) is 25.7 Å². The van der Waals surface area contributed by atoms with Crippen LogP contribution < -0.4 is 16.2 Å². The summed E-state index contributed by atoms with van der Waals surface area (Å²) in [5.74, 6) is -0.566. The number of aromatic nitrogens is 2. The molecule has 1 aromatic rings. The maximum absolute atomic E-state index is 13.8. The molecule has 0 saturated carbocycles. The van der Waals surface area contributed by atoms with Crippen molar-refractivity contribution in [3.8, 4) is 0 Å². The highest BCUT2D eigenvalue weighted by atomic mass is 28.3. The van der Waals surface area contributed by atoms with E-state index in [1.165, 1.54) is 0 Å². The third-order valence-corrected chi connectivity index (χ3v) is 6.77. The van der Waals surface area contributed by atoms with Crippen LogP contribution in [0.15, 0.2) is 11.0 Å². The summed E-state index contributed by atoms with van der Waals surface area (Å²) in [6, 6.07) is -0.715. The molecule has 1 amide bonds. The van der Waals surface area contributed by atoms with Gasteiger partial charge in [-0.1, -0.05) is 19.6 Å². The number of esters is 1. The molecule has 0 aliphatic rings. The Morgan fingerprint density at radius 2 is 1.77 bits per heavy atom. The largest absolute Gasteiger partial charge is 0.466 e. The van der Waals surface area contributed by atoms with Crippen molar-refractivity contribution >= 4 is 25.8 Å². The molecule has 0 aromatic carbocycles. The first kappa shape index (κ1) is 35.4. The Bertz CT molecular complexity index is 1020. The molecule has 11 nitrogen and oxygen atoms in total. The van der Waals surface area contributed by atoms with E-state index < -0.39 is 67.5 Å². The van der Waals surface area contributed by atoms with E-state index in [0.717, 1.165) is 12.2 Å². The molecule has 40 heavy (non-hydrogen) atoms. The Kier molecular flexibility index (Phi) is 13.6. The topological polar surface area (TPSA) is 130 Å². The lowest BCUT2D eigenvalue weighted by Gasteiger charge is -2.24. The number of alkyl halides is 3. The van der Waals surface area contributed by atoms with Crippen LogP contribution in [0.3, 0.4) is 0 Å². The molecule has 0 bridgehead atoms. The Hall–Kier alpha value is -2.65. The van der Waals surface area contributed by atoms with E-state index in [0.29, 0.717) is 11.3 Å². The van der Waals surface area contributed by atoms with Gasteiger partial charge < -0.3 is 29.6 Å². The minimum atomic E-state index is -4.94. The Balaban J connectivity index is 2.87. The van der Waals surface area contributed by atoms with E-state index in [4.69, 9.17) is 18.9 Å². The number of ether oxygens (including phenoxy) is 4. The smallest absolute Gasteiger partial charge is 0.423 e. The van der Waals surface area contributed by atoms with Gasteiger partial charge in [0, 0.05) is 20.7 Å². The van der Waals surface area contributed by atoms with Crippen molar-refractivity contribution in [3.63, 3.8) is 0 Å². The summed E-state index contributed by atoms with van der Waals surface area (Å²) in [4.78, 5) is 36.7. The van der Waals surface area contributed by atoms with Gasteiger partial charge in [0.1, 0.15) is 17.9 Å². The lowest BCUT2D eigenvalue weighted by molar-refractivity contribution is -0.144. The van der Waals surface area contributed by atoms with Gasteiger partial charge >= 0.3 is 18.2 Å². The lowest BCUT2D eigenvalue weighted by Crippen LogP contribution is -2.43. The molecule has 0 fully saturated rings. The van der Waals surface area contributed by atoms with E-state index in [1.807, 2.05) is 0 Å². The van der Waals surface area contributed by atoms with Gasteiger partial charge in [-0.2, -0.15) is 18.3 Å². The molecule has 0 saturated heterocycles. The zero-order valence-electron chi connectivity index (χ0n) is 24.6. The van der Waals surface area contributed by atoms with Crippen LogP contribution in [0.1, 0.15) is 46.6 Å². The summed E-state index contributed by atoms with van der Waals surface area (Å²) < 4.78 is 63.2. The highest BCUT2D eigenvalue weighted by molar-refractivity contribution is 6.76. The number of halogens is 3. The molecule has 1 heterocycles. The van der Waals surface area contributed by atoms with Crippen LogP contribution >= 0.6 is 0 Å². The second kappa shape index (κ2) is 15.4. The third-order valence-electron chi connectivity index (χ3n) is 5.07. The maximum Gasteiger partial charge on any atom is 0.423 e. The van der Waals surface area contributed by atoms with Gasteiger partial charge in [-0.25, -0.2) is 9.48 Å². The highest BCUT2D eigenvalue weighted by Crippen LogP contribution is 2.32. The average Bonchev–Trinajstić information content (AvgIpc) is 2.75. The zero-order valence-corrected chi connectivity index (χ0v) is 25.6. The average molecular weight is 597 g/mol. The minimum Gasteiger partial charge on any atom is -0.466 e. The van der Waals surface area contributed by atoms with Crippen molar-refractivity contribution in [1.29, 1.82) is 0 Å². The van der Waals surface area contributed by atoms with Gasteiger partial charge in [0.15, 0.2) is 0 Å². The molecular formula is C25H43F3N4O7Si. The van der Waals surface area contributed by atoms with Crippen LogP contribution in [0.5, 0.6) is 0 Å². The molecular weight excluding hydrogens is 553 g/mol. The number of carbonyl (C=O) groups is 2.